The van der Waals surface area contributed by atoms with Gasteiger partial charge in [0.05, 0.1) is 6.54 Å². The number of nitrogens with one attached hydrogen (secondary N) is 2. The van der Waals surface area contributed by atoms with Crippen molar-refractivity contribution >= 4 is 6.09 Å². The number of pyridine rings is 1. The summed E-state index contributed by atoms with van der Waals surface area (Å²) >= 11 is 0. The number of ether oxygens (including phenoxy) is 1. The summed E-state index contributed by atoms with van der Waals surface area (Å²) in [7, 11) is 0. The van der Waals surface area contributed by atoms with Crippen molar-refractivity contribution in [3.05, 3.63) is 66.1 Å². The van der Waals surface area contributed by atoms with Gasteiger partial charge in [-0.25, -0.2) is 9.78 Å². The van der Waals surface area contributed by atoms with E-state index >= 15 is 0 Å². The first kappa shape index (κ1) is 14.7. The molecule has 0 bridgehead atoms. The summed E-state index contributed by atoms with van der Waals surface area (Å²) in [5.41, 5.74) is 1.60. The van der Waals surface area contributed by atoms with Gasteiger partial charge in [-0.05, 0) is 17.7 Å². The number of nitrogens with zero attached hydrogens (tertiary/aromatic N) is 3. The van der Waals surface area contributed by atoms with E-state index in [1.807, 2.05) is 48.5 Å². The van der Waals surface area contributed by atoms with Crippen molar-refractivity contribution in [2.75, 3.05) is 0 Å². The van der Waals surface area contributed by atoms with E-state index in [0.29, 0.717) is 17.3 Å². The molecule has 2 aromatic heterocycles. The molecule has 3 aromatic rings. The summed E-state index contributed by atoms with van der Waals surface area (Å²) in [6.07, 6.45) is 1.16. The number of aromatic nitrogens is 4. The lowest BCUT2D eigenvalue weighted by Crippen LogP contribution is -2.24. The number of carbonyl (C=O) groups is 1. The highest BCUT2D eigenvalue weighted by Gasteiger charge is 2.08. The molecule has 0 saturated heterocycles. The molecule has 0 unspecified atom stereocenters. The number of rotatable bonds is 5. The normalized spacial score (nSPS) is 10.3. The number of hydrogen-bond donors (Lipinski definition) is 2. The molecule has 0 radical (unpaired) electrons. The van der Waals surface area contributed by atoms with Gasteiger partial charge in [0.15, 0.2) is 5.82 Å². The second-order valence-electron chi connectivity index (χ2n) is 4.74. The predicted octanol–water partition coefficient (Wildman–Crippen LogP) is 2.29. The summed E-state index contributed by atoms with van der Waals surface area (Å²) in [5.74, 6) is 1.02. The summed E-state index contributed by atoms with van der Waals surface area (Å²) in [4.78, 5) is 20.1. The molecular formula is C16H15N5O2. The van der Waals surface area contributed by atoms with Crippen molar-refractivity contribution in [1.29, 1.82) is 0 Å². The first-order chi connectivity index (χ1) is 11.3. The number of benzene rings is 1. The first-order valence-corrected chi connectivity index (χ1v) is 7.08. The van der Waals surface area contributed by atoms with Crippen LogP contribution in [0.4, 0.5) is 4.79 Å². The molecule has 3 rings (SSSR count). The van der Waals surface area contributed by atoms with Crippen molar-refractivity contribution in [3.8, 4) is 11.5 Å². The standard InChI is InChI=1S/C16H15N5O2/c22-16(23-11-12-6-2-1-3-7-12)18-10-14-19-15(21-20-14)13-8-4-5-9-17-13/h1-9H,10-11H2,(H,18,22)(H,19,20,21). The minimum atomic E-state index is -0.510. The van der Waals surface area contributed by atoms with Crippen LogP contribution in [0.15, 0.2) is 54.7 Å². The molecule has 7 heteroatoms. The third-order valence-electron chi connectivity index (χ3n) is 3.04. The van der Waals surface area contributed by atoms with Gasteiger partial charge < -0.3 is 10.1 Å². The van der Waals surface area contributed by atoms with Crippen LogP contribution in [0.2, 0.25) is 0 Å². The number of amides is 1. The molecular weight excluding hydrogens is 294 g/mol. The second-order valence-corrected chi connectivity index (χ2v) is 4.74. The van der Waals surface area contributed by atoms with E-state index in [-0.39, 0.29) is 13.2 Å². The molecule has 0 aliphatic heterocycles. The van der Waals surface area contributed by atoms with Crippen molar-refractivity contribution in [3.63, 3.8) is 0 Å². The summed E-state index contributed by atoms with van der Waals surface area (Å²) in [5, 5.41) is 9.45. The molecule has 0 spiro atoms. The fourth-order valence-electron chi connectivity index (χ4n) is 1.91. The van der Waals surface area contributed by atoms with Crippen molar-refractivity contribution in [2.45, 2.75) is 13.2 Å². The van der Waals surface area contributed by atoms with Gasteiger partial charge in [0.1, 0.15) is 18.1 Å². The van der Waals surface area contributed by atoms with Crippen LogP contribution in [-0.2, 0) is 17.9 Å². The Morgan fingerprint density at radius 2 is 1.96 bits per heavy atom. The Hall–Kier alpha value is -3.22. The first-order valence-electron chi connectivity index (χ1n) is 7.08. The number of carbonyl (C=O) groups excluding carboxylic acids is 1. The average molecular weight is 309 g/mol. The van der Waals surface area contributed by atoms with E-state index in [9.17, 15) is 4.79 Å². The molecule has 2 heterocycles. The van der Waals surface area contributed by atoms with E-state index in [2.05, 4.69) is 25.5 Å². The SMILES string of the molecule is O=C(NCc1nc(-c2ccccn2)n[nH]1)OCc1ccccc1. The lowest BCUT2D eigenvalue weighted by atomic mass is 10.2. The molecule has 1 aromatic carbocycles. The maximum absolute atomic E-state index is 11.7. The Morgan fingerprint density at radius 3 is 2.74 bits per heavy atom. The summed E-state index contributed by atoms with van der Waals surface area (Å²) in [6.45, 7) is 0.426. The maximum atomic E-state index is 11.7. The van der Waals surface area contributed by atoms with E-state index in [1.165, 1.54) is 0 Å². The van der Waals surface area contributed by atoms with E-state index in [0.717, 1.165) is 5.56 Å². The molecule has 0 fully saturated rings. The third kappa shape index (κ3) is 4.13. The molecule has 23 heavy (non-hydrogen) atoms. The van der Waals surface area contributed by atoms with Gasteiger partial charge in [-0.2, -0.15) is 5.10 Å². The molecule has 2 N–H and O–H groups in total. The summed E-state index contributed by atoms with van der Waals surface area (Å²) < 4.78 is 5.12. The lowest BCUT2D eigenvalue weighted by Gasteiger charge is -2.05. The van der Waals surface area contributed by atoms with Gasteiger partial charge in [-0.15, -0.1) is 0 Å². The fraction of sp³-hybridized carbons (Fsp3) is 0.125. The smallest absolute Gasteiger partial charge is 0.407 e. The zero-order chi connectivity index (χ0) is 15.9. The van der Waals surface area contributed by atoms with Crippen molar-refractivity contribution in [1.82, 2.24) is 25.5 Å². The maximum Gasteiger partial charge on any atom is 0.407 e. The minimum Gasteiger partial charge on any atom is -0.445 e. The quantitative estimate of drug-likeness (QED) is 0.754. The topological polar surface area (TPSA) is 92.8 Å². The number of hydrogen-bond acceptors (Lipinski definition) is 5. The van der Waals surface area contributed by atoms with Crippen molar-refractivity contribution < 1.29 is 9.53 Å². The van der Waals surface area contributed by atoms with Gasteiger partial charge in [-0.1, -0.05) is 36.4 Å². The van der Waals surface area contributed by atoms with E-state index in [1.54, 1.807) is 6.20 Å². The number of alkyl carbamates (subject to hydrolysis) is 1. The van der Waals surface area contributed by atoms with Gasteiger partial charge in [0.2, 0.25) is 0 Å². The molecule has 7 nitrogen and oxygen atoms in total. The number of H-pyrrole nitrogens is 1. The van der Waals surface area contributed by atoms with Crippen LogP contribution in [0.25, 0.3) is 11.5 Å². The zero-order valence-corrected chi connectivity index (χ0v) is 12.3. The fourth-order valence-corrected chi connectivity index (χ4v) is 1.91. The van der Waals surface area contributed by atoms with Crippen LogP contribution in [0.5, 0.6) is 0 Å². The largest absolute Gasteiger partial charge is 0.445 e. The van der Waals surface area contributed by atoms with E-state index in [4.69, 9.17) is 4.74 Å². The van der Waals surface area contributed by atoms with Crippen LogP contribution < -0.4 is 5.32 Å². The Kier molecular flexibility index (Phi) is 4.58. The van der Waals surface area contributed by atoms with Crippen LogP contribution in [0.3, 0.4) is 0 Å². The number of aromatic amines is 1. The second kappa shape index (κ2) is 7.17. The molecule has 0 aliphatic rings. The highest BCUT2D eigenvalue weighted by molar-refractivity contribution is 5.67. The molecule has 0 atom stereocenters. The molecule has 0 saturated carbocycles. The Morgan fingerprint density at radius 1 is 1.13 bits per heavy atom. The van der Waals surface area contributed by atoms with Crippen LogP contribution in [0, 0.1) is 0 Å². The predicted molar refractivity (Wildman–Crippen MR) is 83.1 cm³/mol. The Bertz CT molecular complexity index is 758. The van der Waals surface area contributed by atoms with Crippen LogP contribution >= 0.6 is 0 Å². The van der Waals surface area contributed by atoms with Crippen LogP contribution in [0.1, 0.15) is 11.4 Å². The zero-order valence-electron chi connectivity index (χ0n) is 12.3. The lowest BCUT2D eigenvalue weighted by molar-refractivity contribution is 0.139. The van der Waals surface area contributed by atoms with Gasteiger partial charge in [-0.3, -0.25) is 10.1 Å². The van der Waals surface area contributed by atoms with E-state index < -0.39 is 6.09 Å². The minimum absolute atomic E-state index is 0.202. The monoisotopic (exact) mass is 309 g/mol. The Balaban J connectivity index is 1.49. The molecule has 1 amide bonds. The highest BCUT2D eigenvalue weighted by Crippen LogP contribution is 2.09. The van der Waals surface area contributed by atoms with Crippen LogP contribution in [-0.4, -0.2) is 26.3 Å². The average Bonchev–Trinajstić information content (AvgIpc) is 3.09. The third-order valence-corrected chi connectivity index (χ3v) is 3.04. The summed E-state index contributed by atoms with van der Waals surface area (Å²) in [6, 6.07) is 15.0. The Labute approximate surface area is 132 Å². The van der Waals surface area contributed by atoms with Crippen molar-refractivity contribution in [2.24, 2.45) is 0 Å². The van der Waals surface area contributed by atoms with Gasteiger partial charge in [0, 0.05) is 6.20 Å². The molecule has 116 valence electrons. The van der Waals surface area contributed by atoms with Gasteiger partial charge in [0.25, 0.3) is 0 Å². The molecule has 0 aliphatic carbocycles. The van der Waals surface area contributed by atoms with Gasteiger partial charge >= 0.3 is 6.09 Å². The highest BCUT2D eigenvalue weighted by atomic mass is 16.5.